The molecule has 1 aliphatic heterocycles. The summed E-state index contributed by atoms with van der Waals surface area (Å²) in [5, 5.41) is 0. The Bertz CT molecular complexity index is 867. The quantitative estimate of drug-likeness (QED) is 0.628. The molecule has 0 spiro atoms. The van der Waals surface area contributed by atoms with Crippen LogP contribution in [0.4, 0.5) is 5.69 Å². The van der Waals surface area contributed by atoms with Crippen molar-refractivity contribution in [1.82, 2.24) is 10.9 Å². The Morgan fingerprint density at radius 2 is 1.78 bits per heavy atom. The second-order valence-corrected chi connectivity index (χ2v) is 7.24. The molecule has 2 aromatic carbocycles. The van der Waals surface area contributed by atoms with Crippen LogP contribution in [0.2, 0.25) is 0 Å². The summed E-state index contributed by atoms with van der Waals surface area (Å²) in [5.41, 5.74) is 6.96. The van der Waals surface area contributed by atoms with E-state index in [2.05, 4.69) is 10.9 Å². The summed E-state index contributed by atoms with van der Waals surface area (Å²) in [6.45, 7) is 2.12. The average molecular weight is 383 g/mol. The third kappa shape index (κ3) is 4.31. The lowest BCUT2D eigenvalue weighted by molar-refractivity contribution is -0.126. The lowest BCUT2D eigenvalue weighted by atomic mass is 10.1. The van der Waals surface area contributed by atoms with E-state index in [9.17, 15) is 14.4 Å². The standard InChI is InChI=1S/C20H21N3O3S/c1-13-5-3-4-6-17(13)20(26)22-21-19(25)14-11-18(24)23(12-14)15-7-9-16(27-2)10-8-15/h3-10,14H,11-12H2,1-2H3,(H,21,25)(H,22,26). The van der Waals surface area contributed by atoms with E-state index in [1.54, 1.807) is 28.8 Å². The molecule has 27 heavy (non-hydrogen) atoms. The van der Waals surface area contributed by atoms with Crippen molar-refractivity contribution in [3.63, 3.8) is 0 Å². The highest BCUT2D eigenvalue weighted by atomic mass is 32.2. The first kappa shape index (κ1) is 19.0. The molecule has 1 atom stereocenters. The van der Waals surface area contributed by atoms with Gasteiger partial charge in [-0.15, -0.1) is 11.8 Å². The molecular weight excluding hydrogens is 362 g/mol. The number of thioether (sulfide) groups is 1. The first-order valence-corrected chi connectivity index (χ1v) is 9.82. The zero-order valence-corrected chi connectivity index (χ0v) is 16.0. The van der Waals surface area contributed by atoms with Gasteiger partial charge in [-0.05, 0) is 49.1 Å². The van der Waals surface area contributed by atoms with E-state index < -0.39 is 5.92 Å². The number of anilines is 1. The topological polar surface area (TPSA) is 78.5 Å². The normalized spacial score (nSPS) is 16.3. The Kier molecular flexibility index (Phi) is 5.81. The molecule has 0 bridgehead atoms. The fourth-order valence-electron chi connectivity index (χ4n) is 3.01. The van der Waals surface area contributed by atoms with Gasteiger partial charge in [0.05, 0.1) is 5.92 Å². The van der Waals surface area contributed by atoms with Crippen molar-refractivity contribution in [1.29, 1.82) is 0 Å². The van der Waals surface area contributed by atoms with Crippen LogP contribution in [0.25, 0.3) is 0 Å². The van der Waals surface area contributed by atoms with Gasteiger partial charge in [-0.3, -0.25) is 25.2 Å². The summed E-state index contributed by atoms with van der Waals surface area (Å²) in [6.07, 6.45) is 2.11. The molecular formula is C20H21N3O3S. The molecule has 0 aliphatic carbocycles. The number of aryl methyl sites for hydroxylation is 1. The molecule has 6 nitrogen and oxygen atoms in total. The van der Waals surface area contributed by atoms with Crippen LogP contribution in [0.5, 0.6) is 0 Å². The van der Waals surface area contributed by atoms with Gasteiger partial charge in [0, 0.05) is 29.1 Å². The number of benzene rings is 2. The molecule has 2 aromatic rings. The van der Waals surface area contributed by atoms with Crippen molar-refractivity contribution in [2.75, 3.05) is 17.7 Å². The molecule has 0 aromatic heterocycles. The van der Waals surface area contributed by atoms with Crippen molar-refractivity contribution in [3.8, 4) is 0 Å². The number of carbonyl (C=O) groups is 3. The lowest BCUT2D eigenvalue weighted by Crippen LogP contribution is -2.45. The first-order chi connectivity index (χ1) is 13.0. The van der Waals surface area contributed by atoms with Crippen LogP contribution >= 0.6 is 11.8 Å². The van der Waals surface area contributed by atoms with Gasteiger partial charge in [0.1, 0.15) is 0 Å². The minimum atomic E-state index is -0.505. The largest absolute Gasteiger partial charge is 0.312 e. The van der Waals surface area contributed by atoms with E-state index >= 15 is 0 Å². The minimum Gasteiger partial charge on any atom is -0.312 e. The number of nitrogens with one attached hydrogen (secondary N) is 2. The number of hydrogen-bond donors (Lipinski definition) is 2. The molecule has 3 amide bonds. The molecule has 1 fully saturated rings. The monoisotopic (exact) mass is 383 g/mol. The van der Waals surface area contributed by atoms with E-state index in [0.29, 0.717) is 12.1 Å². The van der Waals surface area contributed by atoms with Gasteiger partial charge in [-0.25, -0.2) is 0 Å². The zero-order chi connectivity index (χ0) is 19.4. The summed E-state index contributed by atoms with van der Waals surface area (Å²) < 4.78 is 0. The molecule has 1 unspecified atom stereocenters. The number of nitrogens with zero attached hydrogens (tertiary/aromatic N) is 1. The van der Waals surface area contributed by atoms with E-state index in [1.165, 1.54) is 0 Å². The van der Waals surface area contributed by atoms with E-state index in [-0.39, 0.29) is 24.1 Å². The zero-order valence-electron chi connectivity index (χ0n) is 15.2. The summed E-state index contributed by atoms with van der Waals surface area (Å²) in [4.78, 5) is 39.6. The highest BCUT2D eigenvalue weighted by molar-refractivity contribution is 7.98. The average Bonchev–Trinajstić information content (AvgIpc) is 3.08. The molecule has 140 valence electrons. The predicted molar refractivity (Wildman–Crippen MR) is 105 cm³/mol. The second kappa shape index (κ2) is 8.26. The van der Waals surface area contributed by atoms with Crippen LogP contribution in [-0.4, -0.2) is 30.5 Å². The number of hydrazine groups is 1. The summed E-state index contributed by atoms with van der Waals surface area (Å²) in [7, 11) is 0. The first-order valence-electron chi connectivity index (χ1n) is 8.60. The van der Waals surface area contributed by atoms with E-state index in [0.717, 1.165) is 16.1 Å². The van der Waals surface area contributed by atoms with Crippen molar-refractivity contribution in [3.05, 3.63) is 59.7 Å². The third-order valence-electron chi connectivity index (χ3n) is 4.57. The van der Waals surface area contributed by atoms with Crippen LogP contribution in [-0.2, 0) is 9.59 Å². The second-order valence-electron chi connectivity index (χ2n) is 6.36. The fourth-order valence-corrected chi connectivity index (χ4v) is 3.42. The Morgan fingerprint density at radius 3 is 2.44 bits per heavy atom. The molecule has 3 rings (SSSR count). The molecule has 0 saturated carbocycles. The van der Waals surface area contributed by atoms with Crippen LogP contribution in [0.15, 0.2) is 53.4 Å². The maximum atomic E-state index is 12.4. The summed E-state index contributed by atoms with van der Waals surface area (Å²) >= 11 is 1.63. The Balaban J connectivity index is 1.58. The predicted octanol–water partition coefficient (Wildman–Crippen LogP) is 2.53. The summed E-state index contributed by atoms with van der Waals surface area (Å²) in [5.74, 6) is -1.35. The van der Waals surface area contributed by atoms with E-state index in [4.69, 9.17) is 0 Å². The number of amides is 3. The lowest BCUT2D eigenvalue weighted by Gasteiger charge is -2.17. The summed E-state index contributed by atoms with van der Waals surface area (Å²) in [6, 6.07) is 14.8. The highest BCUT2D eigenvalue weighted by Gasteiger charge is 2.35. The van der Waals surface area contributed by atoms with Crippen molar-refractivity contribution in [2.45, 2.75) is 18.2 Å². The highest BCUT2D eigenvalue weighted by Crippen LogP contribution is 2.27. The van der Waals surface area contributed by atoms with Gasteiger partial charge in [0.2, 0.25) is 11.8 Å². The SMILES string of the molecule is CSc1ccc(N2CC(C(=O)NNC(=O)c3ccccc3C)CC2=O)cc1. The van der Waals surface area contributed by atoms with Gasteiger partial charge >= 0.3 is 0 Å². The van der Waals surface area contributed by atoms with E-state index in [1.807, 2.05) is 49.6 Å². The van der Waals surface area contributed by atoms with Crippen LogP contribution in [0.3, 0.4) is 0 Å². The van der Waals surface area contributed by atoms with Gasteiger partial charge in [-0.2, -0.15) is 0 Å². The number of hydrogen-bond acceptors (Lipinski definition) is 4. The smallest absolute Gasteiger partial charge is 0.269 e. The Labute approximate surface area is 162 Å². The molecule has 2 N–H and O–H groups in total. The van der Waals surface area contributed by atoms with Crippen LogP contribution in [0, 0.1) is 12.8 Å². The maximum Gasteiger partial charge on any atom is 0.269 e. The molecule has 1 heterocycles. The van der Waals surface area contributed by atoms with Crippen molar-refractivity contribution >= 4 is 35.2 Å². The third-order valence-corrected chi connectivity index (χ3v) is 5.31. The van der Waals surface area contributed by atoms with Crippen LogP contribution < -0.4 is 15.8 Å². The van der Waals surface area contributed by atoms with Gasteiger partial charge < -0.3 is 4.90 Å². The Morgan fingerprint density at radius 1 is 1.07 bits per heavy atom. The minimum absolute atomic E-state index is 0.0997. The van der Waals surface area contributed by atoms with Gasteiger partial charge in [-0.1, -0.05) is 18.2 Å². The molecule has 7 heteroatoms. The molecule has 1 aliphatic rings. The van der Waals surface area contributed by atoms with Crippen molar-refractivity contribution in [2.24, 2.45) is 5.92 Å². The fraction of sp³-hybridized carbons (Fsp3) is 0.250. The Hall–Kier alpha value is -2.80. The molecule has 0 radical (unpaired) electrons. The molecule has 1 saturated heterocycles. The van der Waals surface area contributed by atoms with Crippen LogP contribution in [0.1, 0.15) is 22.3 Å². The maximum absolute atomic E-state index is 12.4. The number of carbonyl (C=O) groups excluding carboxylic acids is 3. The van der Waals surface area contributed by atoms with Gasteiger partial charge in [0.15, 0.2) is 0 Å². The van der Waals surface area contributed by atoms with Gasteiger partial charge in [0.25, 0.3) is 5.91 Å². The number of rotatable bonds is 4. The van der Waals surface area contributed by atoms with Crippen molar-refractivity contribution < 1.29 is 14.4 Å².